The predicted molar refractivity (Wildman–Crippen MR) is 154 cm³/mol. The zero-order chi connectivity index (χ0) is 27.6. The van der Waals surface area contributed by atoms with Crippen LogP contribution in [-0.2, 0) is 26.2 Å². The van der Waals surface area contributed by atoms with Crippen LogP contribution in [0.4, 0.5) is 8.78 Å². The van der Waals surface area contributed by atoms with Crippen molar-refractivity contribution in [1.29, 1.82) is 0 Å². The minimum Gasteiger partial charge on any atom is -0.494 e. The largest absolute Gasteiger partial charge is 0.494 e. The van der Waals surface area contributed by atoms with Gasteiger partial charge in [-0.15, -0.1) is 0 Å². The highest BCUT2D eigenvalue weighted by atomic mass is 79.9. The number of hydrogen-bond donors (Lipinski definition) is 0. The summed E-state index contributed by atoms with van der Waals surface area (Å²) in [6.45, 7) is 4.70. The molecule has 0 aliphatic rings. The van der Waals surface area contributed by atoms with E-state index in [0.29, 0.717) is 26.2 Å². The maximum atomic E-state index is 12.6. The first-order valence-corrected chi connectivity index (χ1v) is 14.0. The van der Waals surface area contributed by atoms with E-state index >= 15 is 0 Å². The molecule has 0 bridgehead atoms. The van der Waals surface area contributed by atoms with Crippen LogP contribution in [0.25, 0.3) is 11.4 Å². The molecule has 0 saturated carbocycles. The van der Waals surface area contributed by atoms with E-state index in [1.165, 1.54) is 0 Å². The van der Waals surface area contributed by atoms with Crippen LogP contribution in [0.15, 0.2) is 83.5 Å². The number of hydrogen-bond acceptors (Lipinski definition) is 4. The molecule has 0 spiro atoms. The molecule has 3 aromatic carbocycles. The molecule has 0 N–H and O–H groups in total. The summed E-state index contributed by atoms with van der Waals surface area (Å²) in [5, 5.41) is 0. The van der Waals surface area contributed by atoms with Gasteiger partial charge in [0.1, 0.15) is 21.9 Å². The van der Waals surface area contributed by atoms with E-state index in [1.54, 1.807) is 12.1 Å². The SMILES string of the molecule is CCCCn1c(-c2ccccc2)nc(Br)c1CN(Cc1ccc(OC(F)F)cc1)Cc1cccc(OCC)c1. The molecule has 1 aromatic heterocycles. The number of alkyl halides is 2. The van der Waals surface area contributed by atoms with Crippen molar-refractivity contribution in [2.45, 2.75) is 59.5 Å². The lowest BCUT2D eigenvalue weighted by Gasteiger charge is -2.24. The number of unbranched alkanes of at least 4 members (excludes halogenated alkanes) is 1. The minimum absolute atomic E-state index is 0.151. The molecule has 0 atom stereocenters. The van der Waals surface area contributed by atoms with E-state index in [9.17, 15) is 8.78 Å². The Bertz CT molecular complexity index is 1310. The van der Waals surface area contributed by atoms with Gasteiger partial charge < -0.3 is 14.0 Å². The van der Waals surface area contributed by atoms with Crippen molar-refractivity contribution in [3.05, 3.63) is 100 Å². The molecule has 1 heterocycles. The molecule has 0 aliphatic carbocycles. The molecule has 8 heteroatoms. The van der Waals surface area contributed by atoms with Crippen LogP contribution in [0.1, 0.15) is 43.5 Å². The zero-order valence-corrected chi connectivity index (χ0v) is 23.9. The quantitative estimate of drug-likeness (QED) is 0.146. The second-order valence-corrected chi connectivity index (χ2v) is 10.0. The van der Waals surface area contributed by atoms with Gasteiger partial charge in [-0.1, -0.05) is 67.9 Å². The van der Waals surface area contributed by atoms with Crippen LogP contribution < -0.4 is 9.47 Å². The summed E-state index contributed by atoms with van der Waals surface area (Å²) in [7, 11) is 0. The summed E-state index contributed by atoms with van der Waals surface area (Å²) < 4.78 is 38.7. The lowest BCUT2D eigenvalue weighted by molar-refractivity contribution is -0.0498. The van der Waals surface area contributed by atoms with E-state index in [1.807, 2.05) is 49.4 Å². The van der Waals surface area contributed by atoms with Crippen LogP contribution in [0, 0.1) is 0 Å². The van der Waals surface area contributed by atoms with Gasteiger partial charge in [-0.05, 0) is 64.7 Å². The molecule has 0 radical (unpaired) electrons. The fourth-order valence-electron chi connectivity index (χ4n) is 4.54. The normalized spacial score (nSPS) is 11.4. The van der Waals surface area contributed by atoms with Gasteiger partial charge in [0.2, 0.25) is 0 Å². The molecule has 0 aliphatic heterocycles. The number of rotatable bonds is 14. The van der Waals surface area contributed by atoms with Gasteiger partial charge in [0.05, 0.1) is 12.3 Å². The van der Waals surface area contributed by atoms with Crippen LogP contribution in [-0.4, -0.2) is 27.7 Å². The summed E-state index contributed by atoms with van der Waals surface area (Å²) in [6, 6.07) is 25.2. The van der Waals surface area contributed by atoms with Gasteiger partial charge in [0.15, 0.2) is 0 Å². The van der Waals surface area contributed by atoms with Crippen molar-refractivity contribution in [3.63, 3.8) is 0 Å². The monoisotopic (exact) mass is 597 g/mol. The van der Waals surface area contributed by atoms with Crippen LogP contribution in [0.5, 0.6) is 11.5 Å². The zero-order valence-electron chi connectivity index (χ0n) is 22.3. The highest BCUT2D eigenvalue weighted by Gasteiger charge is 2.20. The van der Waals surface area contributed by atoms with Crippen molar-refractivity contribution in [1.82, 2.24) is 14.5 Å². The van der Waals surface area contributed by atoms with Gasteiger partial charge in [-0.2, -0.15) is 8.78 Å². The van der Waals surface area contributed by atoms with Crippen LogP contribution >= 0.6 is 15.9 Å². The Morgan fingerprint density at radius 3 is 2.31 bits per heavy atom. The fraction of sp³-hybridized carbons (Fsp3) is 0.323. The molecule has 0 saturated heterocycles. The molecule has 4 rings (SSSR count). The van der Waals surface area contributed by atoms with Gasteiger partial charge >= 0.3 is 6.61 Å². The molecular formula is C31H34BrF2N3O2. The summed E-state index contributed by atoms with van der Waals surface area (Å²) >= 11 is 3.75. The number of nitrogens with zero attached hydrogens (tertiary/aromatic N) is 3. The molecule has 5 nitrogen and oxygen atoms in total. The Hall–Kier alpha value is -3.23. The van der Waals surface area contributed by atoms with Crippen LogP contribution in [0.2, 0.25) is 0 Å². The van der Waals surface area contributed by atoms with E-state index in [-0.39, 0.29) is 5.75 Å². The van der Waals surface area contributed by atoms with Crippen molar-refractivity contribution in [3.8, 4) is 22.9 Å². The number of halogens is 3. The third-order valence-corrected chi connectivity index (χ3v) is 6.97. The second-order valence-electron chi connectivity index (χ2n) is 9.29. The smallest absolute Gasteiger partial charge is 0.387 e. The maximum Gasteiger partial charge on any atom is 0.387 e. The molecule has 0 amide bonds. The van der Waals surface area contributed by atoms with E-state index in [4.69, 9.17) is 9.72 Å². The predicted octanol–water partition coefficient (Wildman–Crippen LogP) is 8.32. The molecule has 0 unspecified atom stereocenters. The third kappa shape index (κ3) is 8.13. The van der Waals surface area contributed by atoms with Crippen LogP contribution in [0.3, 0.4) is 0 Å². The minimum atomic E-state index is -2.84. The Balaban J connectivity index is 1.66. The number of imidazole rings is 1. The number of aromatic nitrogens is 2. The molecule has 4 aromatic rings. The Kier molecular flexibility index (Phi) is 10.5. The van der Waals surface area contributed by atoms with Crippen molar-refractivity contribution in [2.24, 2.45) is 0 Å². The van der Waals surface area contributed by atoms with Gasteiger partial charge in [0, 0.05) is 31.7 Å². The Morgan fingerprint density at radius 1 is 0.872 bits per heavy atom. The average Bonchev–Trinajstić information content (AvgIpc) is 3.23. The summed E-state index contributed by atoms with van der Waals surface area (Å²) in [4.78, 5) is 7.25. The Morgan fingerprint density at radius 2 is 1.62 bits per heavy atom. The second kappa shape index (κ2) is 14.2. The van der Waals surface area contributed by atoms with Gasteiger partial charge in [-0.3, -0.25) is 4.90 Å². The average molecular weight is 599 g/mol. The molecule has 206 valence electrons. The van der Waals surface area contributed by atoms with E-state index in [2.05, 4.69) is 61.3 Å². The molecule has 39 heavy (non-hydrogen) atoms. The summed E-state index contributed by atoms with van der Waals surface area (Å²) in [5.41, 5.74) is 4.29. The van der Waals surface area contributed by atoms with E-state index in [0.717, 1.165) is 57.9 Å². The Labute approximate surface area is 237 Å². The lowest BCUT2D eigenvalue weighted by atomic mass is 10.1. The fourth-order valence-corrected chi connectivity index (χ4v) is 5.05. The first-order chi connectivity index (χ1) is 19.0. The first kappa shape index (κ1) is 28.8. The summed E-state index contributed by atoms with van der Waals surface area (Å²) in [5.74, 6) is 1.93. The first-order valence-electron chi connectivity index (χ1n) is 13.2. The highest BCUT2D eigenvalue weighted by Crippen LogP contribution is 2.29. The maximum absolute atomic E-state index is 12.6. The van der Waals surface area contributed by atoms with E-state index < -0.39 is 6.61 Å². The molecule has 0 fully saturated rings. The third-order valence-electron chi connectivity index (χ3n) is 6.33. The van der Waals surface area contributed by atoms with Crippen molar-refractivity contribution < 1.29 is 18.3 Å². The number of benzene rings is 3. The standard InChI is InChI=1S/C31H34BrF2N3O2/c1-3-5-18-37-28(29(32)35-30(37)25-11-7-6-8-12-25)22-36(21-24-10-9-13-27(19-24)38-4-2)20-23-14-16-26(17-15-23)39-31(33)34/h6-17,19,31H,3-5,18,20-22H2,1-2H3. The van der Waals surface area contributed by atoms with Crippen molar-refractivity contribution >= 4 is 15.9 Å². The van der Waals surface area contributed by atoms with Crippen molar-refractivity contribution in [2.75, 3.05) is 6.61 Å². The summed E-state index contributed by atoms with van der Waals surface area (Å²) in [6.07, 6.45) is 2.11. The van der Waals surface area contributed by atoms with Gasteiger partial charge in [-0.25, -0.2) is 4.98 Å². The van der Waals surface area contributed by atoms with Gasteiger partial charge in [0.25, 0.3) is 0 Å². The number of ether oxygens (including phenoxy) is 2. The molecular weight excluding hydrogens is 564 g/mol. The highest BCUT2D eigenvalue weighted by molar-refractivity contribution is 9.10. The lowest BCUT2D eigenvalue weighted by Crippen LogP contribution is -2.24. The topological polar surface area (TPSA) is 39.5 Å².